The van der Waals surface area contributed by atoms with Crippen LogP contribution in [0.2, 0.25) is 0 Å². The highest BCUT2D eigenvalue weighted by Gasteiger charge is 2.26. The molecule has 0 aromatic carbocycles. The molecule has 0 aliphatic carbocycles. The van der Waals surface area contributed by atoms with Crippen molar-refractivity contribution < 1.29 is 5.11 Å². The van der Waals surface area contributed by atoms with Crippen molar-refractivity contribution in [2.75, 3.05) is 33.8 Å². The number of aryl methyl sites for hydroxylation is 1. The number of aliphatic hydroxyl groups excluding tert-OH is 1. The van der Waals surface area contributed by atoms with Crippen LogP contribution in [0.15, 0.2) is 6.20 Å². The van der Waals surface area contributed by atoms with Crippen molar-refractivity contribution in [3.05, 3.63) is 17.5 Å². The van der Waals surface area contributed by atoms with Gasteiger partial charge in [0.2, 0.25) is 0 Å². The third-order valence-electron chi connectivity index (χ3n) is 3.08. The summed E-state index contributed by atoms with van der Waals surface area (Å²) in [5, 5.41) is 17.6. The molecule has 0 aliphatic heterocycles. The Morgan fingerprint density at radius 1 is 1.42 bits per heavy atom. The van der Waals surface area contributed by atoms with Gasteiger partial charge in [0.25, 0.3) is 0 Å². The number of hydrogen-bond donors (Lipinski definition) is 2. The Balaban J connectivity index is 2.86. The van der Waals surface area contributed by atoms with Crippen LogP contribution in [0, 0.1) is 0 Å². The van der Waals surface area contributed by atoms with Crippen molar-refractivity contribution in [1.29, 1.82) is 0 Å². The minimum absolute atomic E-state index is 0.0206. The molecule has 1 heterocycles. The Hall–Kier alpha value is -0.910. The number of likely N-dealkylation sites (N-methyl/N-ethyl adjacent to an activating group) is 1. The van der Waals surface area contributed by atoms with Crippen LogP contribution in [-0.2, 0) is 12.5 Å². The van der Waals surface area contributed by atoms with Crippen LogP contribution in [0.25, 0.3) is 0 Å². The van der Waals surface area contributed by atoms with Crippen LogP contribution in [0.3, 0.4) is 0 Å². The number of aliphatic hydroxyl groups is 1. The molecule has 19 heavy (non-hydrogen) atoms. The second-order valence-corrected chi connectivity index (χ2v) is 6.35. The highest BCUT2D eigenvalue weighted by atomic mass is 16.3. The van der Waals surface area contributed by atoms with Crippen molar-refractivity contribution in [2.24, 2.45) is 7.05 Å². The van der Waals surface area contributed by atoms with E-state index in [4.69, 9.17) is 0 Å². The SMILES string of the molecule is CN(C)CCNC(CO)c1cn(C)nc1C(C)(C)C. The maximum Gasteiger partial charge on any atom is 0.0726 e. The Bertz CT molecular complexity index is 393. The van der Waals surface area contributed by atoms with Gasteiger partial charge in [-0.2, -0.15) is 5.10 Å². The molecule has 0 fully saturated rings. The van der Waals surface area contributed by atoms with Crippen molar-refractivity contribution in [2.45, 2.75) is 32.2 Å². The summed E-state index contributed by atoms with van der Waals surface area (Å²) >= 11 is 0. The first-order valence-corrected chi connectivity index (χ1v) is 6.78. The normalized spacial score (nSPS) is 14.1. The first-order chi connectivity index (χ1) is 8.75. The highest BCUT2D eigenvalue weighted by Crippen LogP contribution is 2.28. The van der Waals surface area contributed by atoms with Gasteiger partial charge in [-0.1, -0.05) is 20.8 Å². The zero-order valence-corrected chi connectivity index (χ0v) is 13.1. The van der Waals surface area contributed by atoms with Crippen LogP contribution < -0.4 is 5.32 Å². The van der Waals surface area contributed by atoms with E-state index < -0.39 is 0 Å². The van der Waals surface area contributed by atoms with Gasteiger partial charge < -0.3 is 15.3 Å². The Morgan fingerprint density at radius 2 is 2.05 bits per heavy atom. The number of nitrogens with zero attached hydrogens (tertiary/aromatic N) is 3. The Morgan fingerprint density at radius 3 is 2.53 bits per heavy atom. The van der Waals surface area contributed by atoms with Gasteiger partial charge in [-0.25, -0.2) is 0 Å². The summed E-state index contributed by atoms with van der Waals surface area (Å²) in [7, 11) is 6.01. The van der Waals surface area contributed by atoms with Crippen LogP contribution in [0.5, 0.6) is 0 Å². The molecule has 0 saturated heterocycles. The third-order valence-corrected chi connectivity index (χ3v) is 3.08. The summed E-state index contributed by atoms with van der Waals surface area (Å²) in [5.41, 5.74) is 2.12. The van der Waals surface area contributed by atoms with Gasteiger partial charge in [-0.3, -0.25) is 4.68 Å². The molecule has 1 aromatic rings. The smallest absolute Gasteiger partial charge is 0.0726 e. The van der Waals surface area contributed by atoms with Gasteiger partial charge in [0.1, 0.15) is 0 Å². The molecule has 0 amide bonds. The van der Waals surface area contributed by atoms with E-state index in [9.17, 15) is 5.11 Å². The predicted molar refractivity (Wildman–Crippen MR) is 78.3 cm³/mol. The molecule has 2 N–H and O–H groups in total. The topological polar surface area (TPSA) is 53.3 Å². The quantitative estimate of drug-likeness (QED) is 0.805. The van der Waals surface area contributed by atoms with E-state index in [0.717, 1.165) is 24.3 Å². The van der Waals surface area contributed by atoms with E-state index in [0.29, 0.717) is 0 Å². The molecule has 0 aliphatic rings. The average Bonchev–Trinajstić information content (AvgIpc) is 2.66. The Labute approximate surface area is 116 Å². The van der Waals surface area contributed by atoms with E-state index in [2.05, 4.69) is 36.1 Å². The maximum absolute atomic E-state index is 9.63. The lowest BCUT2D eigenvalue weighted by molar-refractivity contribution is 0.239. The largest absolute Gasteiger partial charge is 0.394 e. The molecule has 110 valence electrons. The molecule has 0 radical (unpaired) electrons. The summed E-state index contributed by atoms with van der Waals surface area (Å²) in [4.78, 5) is 2.12. The fourth-order valence-corrected chi connectivity index (χ4v) is 2.08. The molecule has 5 heteroatoms. The first kappa shape index (κ1) is 16.1. The zero-order valence-electron chi connectivity index (χ0n) is 13.1. The minimum Gasteiger partial charge on any atom is -0.394 e. The summed E-state index contributed by atoms with van der Waals surface area (Å²) in [5.74, 6) is 0. The van der Waals surface area contributed by atoms with Crippen LogP contribution in [0.1, 0.15) is 38.1 Å². The van der Waals surface area contributed by atoms with E-state index in [1.54, 1.807) is 0 Å². The van der Waals surface area contributed by atoms with Crippen molar-refractivity contribution in [3.8, 4) is 0 Å². The van der Waals surface area contributed by atoms with Crippen LogP contribution in [-0.4, -0.2) is 53.6 Å². The lowest BCUT2D eigenvalue weighted by Crippen LogP contribution is -2.32. The second-order valence-electron chi connectivity index (χ2n) is 6.35. The molecule has 0 spiro atoms. The molecular weight excluding hydrogens is 240 g/mol. The van der Waals surface area contributed by atoms with E-state index >= 15 is 0 Å². The van der Waals surface area contributed by atoms with Gasteiger partial charge in [-0.05, 0) is 14.1 Å². The second kappa shape index (κ2) is 6.50. The molecular formula is C14H28N4O. The average molecular weight is 268 g/mol. The van der Waals surface area contributed by atoms with Crippen molar-refractivity contribution in [3.63, 3.8) is 0 Å². The number of rotatable bonds is 6. The number of hydrogen-bond acceptors (Lipinski definition) is 4. The molecule has 1 rings (SSSR count). The summed E-state index contributed by atoms with van der Waals surface area (Å²) in [6.45, 7) is 8.31. The fourth-order valence-electron chi connectivity index (χ4n) is 2.08. The molecule has 5 nitrogen and oxygen atoms in total. The zero-order chi connectivity index (χ0) is 14.6. The van der Waals surface area contributed by atoms with E-state index in [1.165, 1.54) is 0 Å². The molecule has 0 bridgehead atoms. The monoisotopic (exact) mass is 268 g/mol. The first-order valence-electron chi connectivity index (χ1n) is 6.78. The fraction of sp³-hybridized carbons (Fsp3) is 0.786. The standard InChI is InChI=1S/C14H28N4O/c1-14(2,3)13-11(9-18(6)16-13)12(10-19)15-7-8-17(4)5/h9,12,15,19H,7-8,10H2,1-6H3. The highest BCUT2D eigenvalue weighted by molar-refractivity contribution is 5.27. The minimum atomic E-state index is -0.0529. The maximum atomic E-state index is 9.63. The third kappa shape index (κ3) is 4.60. The summed E-state index contributed by atoms with van der Waals surface area (Å²) in [6.07, 6.45) is 2.00. The lowest BCUT2D eigenvalue weighted by atomic mass is 9.87. The van der Waals surface area contributed by atoms with Gasteiger partial charge in [0.05, 0.1) is 18.3 Å². The van der Waals surface area contributed by atoms with E-state index in [-0.39, 0.29) is 18.1 Å². The van der Waals surface area contributed by atoms with Crippen molar-refractivity contribution >= 4 is 0 Å². The van der Waals surface area contributed by atoms with Crippen LogP contribution >= 0.6 is 0 Å². The number of nitrogens with one attached hydrogen (secondary N) is 1. The number of aromatic nitrogens is 2. The van der Waals surface area contributed by atoms with Gasteiger partial charge in [-0.15, -0.1) is 0 Å². The summed E-state index contributed by atoms with van der Waals surface area (Å²) in [6, 6.07) is -0.0529. The van der Waals surface area contributed by atoms with Gasteiger partial charge in [0.15, 0.2) is 0 Å². The Kier molecular flexibility index (Phi) is 5.52. The van der Waals surface area contributed by atoms with E-state index in [1.807, 2.05) is 32.0 Å². The molecule has 1 atom stereocenters. The summed E-state index contributed by atoms with van der Waals surface area (Å²) < 4.78 is 1.83. The molecule has 1 unspecified atom stereocenters. The van der Waals surface area contributed by atoms with Crippen molar-refractivity contribution in [1.82, 2.24) is 20.0 Å². The lowest BCUT2D eigenvalue weighted by Gasteiger charge is -2.23. The van der Waals surface area contributed by atoms with Gasteiger partial charge in [0, 0.05) is 37.3 Å². The molecule has 0 saturated carbocycles. The van der Waals surface area contributed by atoms with Crippen LogP contribution in [0.4, 0.5) is 0 Å². The van der Waals surface area contributed by atoms with Gasteiger partial charge >= 0.3 is 0 Å². The molecule has 1 aromatic heterocycles. The predicted octanol–water partition coefficient (Wildman–Crippen LogP) is 0.902.